The average molecular weight is 449 g/mol. The number of fused-ring (bicyclic) bond motifs is 1. The lowest BCUT2D eigenvalue weighted by molar-refractivity contribution is -0.168. The minimum Gasteiger partial charge on any atom is -0.459 e. The molecule has 0 aromatic carbocycles. The molecule has 1 saturated carbocycles. The lowest BCUT2D eigenvalue weighted by Crippen LogP contribution is -2.56. The smallest absolute Gasteiger partial charge is 0.333 e. The largest absolute Gasteiger partial charge is 0.459 e. The zero-order valence-electron chi connectivity index (χ0n) is 19.7. The summed E-state index contributed by atoms with van der Waals surface area (Å²) in [5.41, 5.74) is 0.492. The summed E-state index contributed by atoms with van der Waals surface area (Å²) in [7, 11) is 0. The predicted octanol–water partition coefficient (Wildman–Crippen LogP) is 3.00. The molecule has 1 aliphatic carbocycles. The van der Waals surface area contributed by atoms with Gasteiger partial charge >= 0.3 is 17.9 Å². The first-order valence-corrected chi connectivity index (χ1v) is 10.6. The molecule has 0 aromatic rings. The number of ether oxygens (including phenoxy) is 4. The van der Waals surface area contributed by atoms with Crippen LogP contribution in [0.1, 0.15) is 54.9 Å². The lowest BCUT2D eigenvalue weighted by Gasteiger charge is -2.38. The molecular formula is C24H32O8. The third-order valence-electron chi connectivity index (χ3n) is 5.76. The van der Waals surface area contributed by atoms with E-state index in [0.717, 1.165) is 5.57 Å². The van der Waals surface area contributed by atoms with Crippen LogP contribution in [-0.2, 0) is 38.1 Å². The fourth-order valence-electron chi connectivity index (χ4n) is 3.83. The number of rotatable bonds is 8. The van der Waals surface area contributed by atoms with Gasteiger partial charge in [0.2, 0.25) is 5.78 Å². The average Bonchev–Trinajstić information content (AvgIpc) is 3.40. The predicted molar refractivity (Wildman–Crippen MR) is 115 cm³/mol. The third kappa shape index (κ3) is 5.35. The number of esters is 3. The maximum Gasteiger partial charge on any atom is 0.333 e. The van der Waals surface area contributed by atoms with Gasteiger partial charge in [-0.25, -0.2) is 4.79 Å². The Morgan fingerprint density at radius 2 is 1.72 bits per heavy atom. The van der Waals surface area contributed by atoms with E-state index in [4.69, 9.17) is 18.9 Å². The lowest BCUT2D eigenvalue weighted by atomic mass is 9.72. The highest BCUT2D eigenvalue weighted by atomic mass is 16.7. The van der Waals surface area contributed by atoms with Crippen molar-refractivity contribution in [1.82, 2.24) is 0 Å². The molecule has 0 spiro atoms. The summed E-state index contributed by atoms with van der Waals surface area (Å²) < 4.78 is 22.2. The minimum atomic E-state index is -1.29. The fraction of sp³-hybridized carbons (Fsp3) is 0.583. The molecule has 8 nitrogen and oxygen atoms in total. The van der Waals surface area contributed by atoms with Gasteiger partial charge in [-0.3, -0.25) is 14.4 Å². The first-order chi connectivity index (χ1) is 14.8. The van der Waals surface area contributed by atoms with Crippen molar-refractivity contribution in [2.45, 2.75) is 84.9 Å². The second-order valence-corrected chi connectivity index (χ2v) is 8.60. The Morgan fingerprint density at radius 1 is 1.12 bits per heavy atom. The molecule has 1 aliphatic heterocycles. The second kappa shape index (κ2) is 9.81. The number of allylic oxidation sites excluding steroid dienone is 2. The van der Waals surface area contributed by atoms with E-state index in [0.29, 0.717) is 11.1 Å². The second-order valence-electron chi connectivity index (χ2n) is 8.60. The molecule has 0 bridgehead atoms. The topological polar surface area (TPSA) is 108 Å². The van der Waals surface area contributed by atoms with Gasteiger partial charge in [0.1, 0.15) is 18.3 Å². The summed E-state index contributed by atoms with van der Waals surface area (Å²) >= 11 is 0. The van der Waals surface area contributed by atoms with Crippen LogP contribution in [0.4, 0.5) is 0 Å². The minimum absolute atomic E-state index is 0.289. The van der Waals surface area contributed by atoms with E-state index in [1.807, 2.05) is 19.9 Å². The Kier molecular flexibility index (Phi) is 7.83. The van der Waals surface area contributed by atoms with Gasteiger partial charge in [0.25, 0.3) is 0 Å². The number of hydrogen-bond donors (Lipinski definition) is 0. The van der Waals surface area contributed by atoms with Crippen LogP contribution < -0.4 is 0 Å². The SMILES string of the molecule is C=C(C(CC=C(C)C)OC(=O)/C(C)=C\C)C1C(OC(C)=O)C(=O)C2(C)OC2C1OC(C)=O. The summed E-state index contributed by atoms with van der Waals surface area (Å²) in [5, 5.41) is 0. The molecule has 8 heteroatoms. The fourth-order valence-corrected chi connectivity index (χ4v) is 3.83. The molecule has 2 rings (SSSR count). The van der Waals surface area contributed by atoms with Gasteiger partial charge in [0, 0.05) is 25.8 Å². The monoisotopic (exact) mass is 448 g/mol. The van der Waals surface area contributed by atoms with Crippen molar-refractivity contribution in [3.05, 3.63) is 35.5 Å². The number of carbonyl (C=O) groups is 4. The molecule has 6 unspecified atom stereocenters. The summed E-state index contributed by atoms with van der Waals surface area (Å²) in [6, 6.07) is 0. The zero-order valence-corrected chi connectivity index (χ0v) is 19.7. The normalized spacial score (nSPS) is 29.8. The molecule has 2 fully saturated rings. The van der Waals surface area contributed by atoms with Gasteiger partial charge in [0.15, 0.2) is 11.7 Å². The molecule has 0 aromatic heterocycles. The third-order valence-corrected chi connectivity index (χ3v) is 5.76. The Hall–Kier alpha value is -2.74. The van der Waals surface area contributed by atoms with Crippen molar-refractivity contribution in [1.29, 1.82) is 0 Å². The van der Waals surface area contributed by atoms with Gasteiger partial charge in [-0.1, -0.05) is 24.3 Å². The maximum atomic E-state index is 13.1. The van der Waals surface area contributed by atoms with E-state index in [9.17, 15) is 19.2 Å². The number of epoxide rings is 1. The van der Waals surface area contributed by atoms with E-state index < -0.39 is 59.6 Å². The Bertz CT molecular complexity index is 878. The van der Waals surface area contributed by atoms with Crippen molar-refractivity contribution >= 4 is 23.7 Å². The van der Waals surface area contributed by atoms with Crippen LogP contribution >= 0.6 is 0 Å². The number of Topliss-reactive ketones (excluding diaryl/α,β-unsaturated/α-hetero) is 1. The van der Waals surface area contributed by atoms with Gasteiger partial charge in [-0.15, -0.1) is 0 Å². The van der Waals surface area contributed by atoms with Gasteiger partial charge in [0.05, 0.1) is 5.92 Å². The van der Waals surface area contributed by atoms with Gasteiger partial charge in [-0.05, 0) is 40.2 Å². The highest BCUT2D eigenvalue weighted by molar-refractivity contribution is 5.97. The quantitative estimate of drug-likeness (QED) is 0.183. The first-order valence-electron chi connectivity index (χ1n) is 10.6. The zero-order chi connectivity index (χ0) is 24.4. The number of hydrogen-bond acceptors (Lipinski definition) is 8. The van der Waals surface area contributed by atoms with Crippen LogP contribution in [0.5, 0.6) is 0 Å². The van der Waals surface area contributed by atoms with Crippen LogP contribution in [0.15, 0.2) is 35.5 Å². The van der Waals surface area contributed by atoms with E-state index in [1.165, 1.54) is 13.8 Å². The molecule has 0 N–H and O–H groups in total. The van der Waals surface area contributed by atoms with Crippen molar-refractivity contribution in [2.75, 3.05) is 0 Å². The van der Waals surface area contributed by atoms with E-state index in [-0.39, 0.29) is 6.42 Å². The molecule has 6 atom stereocenters. The molecule has 176 valence electrons. The summed E-state index contributed by atoms with van der Waals surface area (Å²) in [6.45, 7) is 15.2. The van der Waals surface area contributed by atoms with Crippen LogP contribution in [0, 0.1) is 5.92 Å². The number of ketones is 1. The maximum absolute atomic E-state index is 13.1. The first kappa shape index (κ1) is 25.5. The van der Waals surface area contributed by atoms with Crippen molar-refractivity contribution < 1.29 is 38.1 Å². The van der Waals surface area contributed by atoms with Gasteiger partial charge < -0.3 is 18.9 Å². The molecule has 32 heavy (non-hydrogen) atoms. The van der Waals surface area contributed by atoms with Crippen molar-refractivity contribution in [3.8, 4) is 0 Å². The Morgan fingerprint density at radius 3 is 2.22 bits per heavy atom. The van der Waals surface area contributed by atoms with Crippen LogP contribution in [0.2, 0.25) is 0 Å². The van der Waals surface area contributed by atoms with E-state index >= 15 is 0 Å². The molecule has 1 saturated heterocycles. The van der Waals surface area contributed by atoms with Crippen molar-refractivity contribution in [2.24, 2.45) is 5.92 Å². The molecule has 2 aliphatic rings. The highest BCUT2D eigenvalue weighted by Gasteiger charge is 2.72. The standard InChI is InChI=1S/C24H32O8/c1-9-13(4)23(28)31-17(11-10-12(2)3)14(5)18-19(29-15(6)25)21(27)24(8)22(32-24)20(18)30-16(7)26/h9-10,17-20,22H,5,11H2,1-4,6-8H3/b13-9-. The number of carbonyl (C=O) groups excluding carboxylic acids is 4. The van der Waals surface area contributed by atoms with Crippen LogP contribution in [-0.4, -0.2) is 53.7 Å². The molecule has 0 amide bonds. The Labute approximate surface area is 188 Å². The summed E-state index contributed by atoms with van der Waals surface area (Å²) in [5.74, 6) is -3.17. The van der Waals surface area contributed by atoms with E-state index in [2.05, 4.69) is 6.58 Å². The molecule has 0 radical (unpaired) electrons. The highest BCUT2D eigenvalue weighted by Crippen LogP contribution is 2.51. The summed E-state index contributed by atoms with van der Waals surface area (Å²) in [6.07, 6.45) is 0.0234. The molecular weight excluding hydrogens is 416 g/mol. The molecule has 1 heterocycles. The van der Waals surface area contributed by atoms with E-state index in [1.54, 1.807) is 26.8 Å². The van der Waals surface area contributed by atoms with Crippen LogP contribution in [0.3, 0.4) is 0 Å². The van der Waals surface area contributed by atoms with Crippen LogP contribution in [0.25, 0.3) is 0 Å². The van der Waals surface area contributed by atoms with Gasteiger partial charge in [-0.2, -0.15) is 0 Å². The Balaban J connectivity index is 2.49. The summed E-state index contributed by atoms with van der Waals surface area (Å²) in [4.78, 5) is 49.3. The van der Waals surface area contributed by atoms with Crippen molar-refractivity contribution in [3.63, 3.8) is 0 Å².